The third-order valence-corrected chi connectivity index (χ3v) is 6.03. The van der Waals surface area contributed by atoms with E-state index in [0.29, 0.717) is 11.6 Å². The minimum atomic E-state index is -0.438. The zero-order valence-electron chi connectivity index (χ0n) is 17.2. The lowest BCUT2D eigenvalue weighted by atomic mass is 10.1. The average Bonchev–Trinajstić information content (AvgIpc) is 3.44. The Labute approximate surface area is 189 Å². The fraction of sp³-hybridized carbons (Fsp3) is 0.0833. The number of amides is 1. The van der Waals surface area contributed by atoms with E-state index in [9.17, 15) is 4.79 Å². The van der Waals surface area contributed by atoms with Gasteiger partial charge in [0.05, 0.1) is 12.7 Å². The van der Waals surface area contributed by atoms with Crippen LogP contribution in [0.4, 0.5) is 0 Å². The number of thioether (sulfide) groups is 1. The van der Waals surface area contributed by atoms with Crippen LogP contribution < -0.4 is 4.74 Å². The molecule has 0 bridgehead atoms. The predicted molar refractivity (Wildman–Crippen MR) is 127 cm³/mol. The monoisotopic (exact) mass is 441 g/mol. The Morgan fingerprint density at radius 1 is 1.06 bits per heavy atom. The number of carbonyl (C=O) groups excluding carboxylic acids is 1. The van der Waals surface area contributed by atoms with E-state index in [2.05, 4.69) is 10.1 Å². The number of methoxy groups -OCH3 is 1. The summed E-state index contributed by atoms with van der Waals surface area (Å²) in [4.78, 5) is 16.9. The Morgan fingerprint density at radius 2 is 1.84 bits per heavy atom. The molecular weight excluding hydrogens is 422 g/mol. The number of carbonyl (C=O) groups is 1. The molecule has 2 aromatic carbocycles. The molecule has 3 heterocycles. The first kappa shape index (κ1) is 20.0. The maximum Gasteiger partial charge on any atom is 0.283 e. The maximum atomic E-state index is 12.8. The van der Waals surface area contributed by atoms with Crippen LogP contribution in [0, 0.1) is 5.41 Å². The van der Waals surface area contributed by atoms with E-state index in [4.69, 9.17) is 10.1 Å². The van der Waals surface area contributed by atoms with Gasteiger partial charge in [-0.05, 0) is 59.8 Å². The summed E-state index contributed by atoms with van der Waals surface area (Å²) < 4.78 is 7.16. The smallest absolute Gasteiger partial charge is 0.283 e. The Balaban J connectivity index is 1.43. The summed E-state index contributed by atoms with van der Waals surface area (Å²) in [5, 5.41) is 15.8. The molecule has 5 rings (SSSR count). The predicted octanol–water partition coefficient (Wildman–Crippen LogP) is 4.35. The molecule has 0 aliphatic carbocycles. The lowest BCUT2D eigenvalue weighted by molar-refractivity contribution is -0.114. The Bertz CT molecular complexity index is 1290. The molecule has 2 aliphatic rings. The van der Waals surface area contributed by atoms with Gasteiger partial charge in [0.25, 0.3) is 5.91 Å². The summed E-state index contributed by atoms with van der Waals surface area (Å²) in [7, 11) is 1.62. The minimum absolute atomic E-state index is 0.0260. The molecule has 0 fully saturated rings. The summed E-state index contributed by atoms with van der Waals surface area (Å²) in [6, 6.07) is 21.4. The highest BCUT2D eigenvalue weighted by atomic mass is 32.2. The minimum Gasteiger partial charge on any atom is -0.497 e. The number of aliphatic imine (C=N–C) groups is 1. The van der Waals surface area contributed by atoms with Crippen LogP contribution in [-0.4, -0.2) is 38.6 Å². The fourth-order valence-corrected chi connectivity index (χ4v) is 4.43. The van der Waals surface area contributed by atoms with Gasteiger partial charge >= 0.3 is 0 Å². The average molecular weight is 442 g/mol. The van der Waals surface area contributed by atoms with E-state index in [1.807, 2.05) is 77.5 Å². The highest BCUT2D eigenvalue weighted by Crippen LogP contribution is 2.30. The van der Waals surface area contributed by atoms with Gasteiger partial charge in [-0.2, -0.15) is 15.1 Å². The molecule has 0 radical (unpaired) electrons. The van der Waals surface area contributed by atoms with Crippen molar-refractivity contribution in [3.05, 3.63) is 89.8 Å². The van der Waals surface area contributed by atoms with Crippen LogP contribution in [-0.2, 0) is 11.2 Å². The van der Waals surface area contributed by atoms with Crippen molar-refractivity contribution in [1.82, 2.24) is 9.58 Å². The molecule has 0 spiro atoms. The molecule has 1 amide bonds. The summed E-state index contributed by atoms with van der Waals surface area (Å²) in [5.74, 6) is 0.355. The van der Waals surface area contributed by atoms with Crippen molar-refractivity contribution >= 4 is 39.8 Å². The number of nitrogens with one attached hydrogen (secondary N) is 1. The largest absolute Gasteiger partial charge is 0.497 e. The van der Waals surface area contributed by atoms with Crippen LogP contribution in [0.1, 0.15) is 11.3 Å². The highest BCUT2D eigenvalue weighted by Gasteiger charge is 2.35. The summed E-state index contributed by atoms with van der Waals surface area (Å²) >= 11 is 1.33. The van der Waals surface area contributed by atoms with Gasteiger partial charge in [0, 0.05) is 24.0 Å². The normalized spacial score (nSPS) is 16.8. The third-order valence-electron chi connectivity index (χ3n) is 5.12. The fourth-order valence-electron chi connectivity index (χ4n) is 3.51. The van der Waals surface area contributed by atoms with Crippen molar-refractivity contribution < 1.29 is 9.53 Å². The van der Waals surface area contributed by atoms with Gasteiger partial charge < -0.3 is 9.30 Å². The summed E-state index contributed by atoms with van der Waals surface area (Å²) in [5.41, 5.74) is 3.00. The van der Waals surface area contributed by atoms with E-state index in [1.165, 1.54) is 16.8 Å². The number of amidine groups is 2. The zero-order valence-corrected chi connectivity index (χ0v) is 18.0. The third kappa shape index (κ3) is 3.76. The van der Waals surface area contributed by atoms with Crippen molar-refractivity contribution in [1.29, 1.82) is 5.41 Å². The lowest BCUT2D eigenvalue weighted by Gasteiger charge is -2.20. The molecule has 3 aromatic rings. The highest BCUT2D eigenvalue weighted by molar-refractivity contribution is 8.26. The van der Waals surface area contributed by atoms with Crippen LogP contribution >= 0.6 is 11.8 Å². The van der Waals surface area contributed by atoms with E-state index in [1.54, 1.807) is 13.2 Å². The number of hydrogen-bond donors (Lipinski definition) is 1. The summed E-state index contributed by atoms with van der Waals surface area (Å²) in [6.45, 7) is 0. The van der Waals surface area contributed by atoms with Gasteiger partial charge in [-0.15, -0.1) is 0 Å². The molecular formula is C24H19N5O2S. The molecule has 158 valence electrons. The number of aromatic nitrogens is 1. The van der Waals surface area contributed by atoms with Crippen LogP contribution in [0.25, 0.3) is 11.8 Å². The number of benzene rings is 2. The molecule has 0 saturated heterocycles. The summed E-state index contributed by atoms with van der Waals surface area (Å²) in [6.07, 6.45) is 4.22. The SMILES string of the molecule is COc1ccc(-n2cccc2/C=C2/C(=N)N3N=C(Cc4ccccc4)SC3=NC2=O)cc1. The number of ether oxygens (including phenoxy) is 1. The molecule has 0 unspecified atom stereocenters. The molecule has 7 nitrogen and oxygen atoms in total. The van der Waals surface area contributed by atoms with E-state index in [-0.39, 0.29) is 11.4 Å². The van der Waals surface area contributed by atoms with Crippen molar-refractivity contribution in [2.75, 3.05) is 7.11 Å². The van der Waals surface area contributed by atoms with Crippen LogP contribution in [0.15, 0.2) is 88.6 Å². The van der Waals surface area contributed by atoms with Gasteiger partial charge in [0.2, 0.25) is 5.17 Å². The Kier molecular flexibility index (Phi) is 5.20. The number of hydrogen-bond acceptors (Lipinski definition) is 5. The van der Waals surface area contributed by atoms with Crippen molar-refractivity contribution in [2.24, 2.45) is 10.1 Å². The molecule has 1 N–H and O–H groups in total. The van der Waals surface area contributed by atoms with Crippen LogP contribution in [0.2, 0.25) is 0 Å². The molecule has 1 aromatic heterocycles. The van der Waals surface area contributed by atoms with Crippen molar-refractivity contribution in [3.8, 4) is 11.4 Å². The quantitative estimate of drug-likeness (QED) is 0.597. The second kappa shape index (κ2) is 8.32. The molecule has 2 aliphatic heterocycles. The van der Waals surface area contributed by atoms with Crippen molar-refractivity contribution in [3.63, 3.8) is 0 Å². The van der Waals surface area contributed by atoms with Gasteiger partial charge in [-0.1, -0.05) is 30.3 Å². The van der Waals surface area contributed by atoms with E-state index in [0.717, 1.165) is 27.7 Å². The van der Waals surface area contributed by atoms with E-state index >= 15 is 0 Å². The molecule has 32 heavy (non-hydrogen) atoms. The first-order valence-corrected chi connectivity index (χ1v) is 10.8. The number of rotatable bonds is 5. The molecule has 0 saturated carbocycles. The van der Waals surface area contributed by atoms with Crippen LogP contribution in [0.5, 0.6) is 5.75 Å². The van der Waals surface area contributed by atoms with Gasteiger partial charge in [-0.25, -0.2) is 0 Å². The number of hydrazone groups is 1. The maximum absolute atomic E-state index is 12.8. The Hall–Kier alpha value is -3.91. The first-order valence-electron chi connectivity index (χ1n) is 9.97. The zero-order chi connectivity index (χ0) is 22.1. The van der Waals surface area contributed by atoms with Crippen molar-refractivity contribution in [2.45, 2.75) is 6.42 Å². The van der Waals surface area contributed by atoms with Crippen LogP contribution in [0.3, 0.4) is 0 Å². The molecule has 0 atom stereocenters. The van der Waals surface area contributed by atoms with E-state index < -0.39 is 5.91 Å². The number of fused-ring (bicyclic) bond motifs is 1. The first-order chi connectivity index (χ1) is 15.6. The van der Waals surface area contributed by atoms with Gasteiger partial charge in [0.15, 0.2) is 5.84 Å². The second-order valence-electron chi connectivity index (χ2n) is 7.18. The van der Waals surface area contributed by atoms with Gasteiger partial charge in [0.1, 0.15) is 10.8 Å². The number of nitrogens with zero attached hydrogens (tertiary/aromatic N) is 4. The Morgan fingerprint density at radius 3 is 2.59 bits per heavy atom. The molecule has 8 heteroatoms. The van der Waals surface area contributed by atoms with Gasteiger partial charge in [-0.3, -0.25) is 10.2 Å². The standard InChI is InChI=1S/C24H19N5O2S/c1-31-19-11-9-17(10-12-19)28-13-5-8-18(28)15-20-22(25)29-24(26-23(20)30)32-21(27-29)14-16-6-3-2-4-7-16/h2-13,15,25H,14H2,1H3/b20-15-,25-22?. The topological polar surface area (TPSA) is 83.0 Å². The second-order valence-corrected chi connectivity index (χ2v) is 8.22. The lowest BCUT2D eigenvalue weighted by Crippen LogP contribution is -2.35.